The molecule has 1 atom stereocenters. The summed E-state index contributed by atoms with van der Waals surface area (Å²) < 4.78 is 0. The monoisotopic (exact) mass is 250 g/mol. The lowest BCUT2D eigenvalue weighted by atomic mass is 10.2. The predicted octanol–water partition coefficient (Wildman–Crippen LogP) is 1.98. The molecular formula is C13H18N2OS. The van der Waals surface area contributed by atoms with E-state index in [1.54, 1.807) is 0 Å². The fourth-order valence-electron chi connectivity index (χ4n) is 1.52. The van der Waals surface area contributed by atoms with Crippen LogP contribution in [0.5, 0.6) is 0 Å². The van der Waals surface area contributed by atoms with Crippen molar-refractivity contribution in [2.24, 2.45) is 5.73 Å². The van der Waals surface area contributed by atoms with E-state index in [9.17, 15) is 4.79 Å². The number of nitrogens with one attached hydrogen (secondary N) is 1. The first-order chi connectivity index (χ1) is 8.19. The lowest BCUT2D eigenvalue weighted by molar-refractivity contribution is 0.0942. The topological polar surface area (TPSA) is 55.1 Å². The van der Waals surface area contributed by atoms with Crippen molar-refractivity contribution in [2.45, 2.75) is 32.7 Å². The van der Waals surface area contributed by atoms with Crippen LogP contribution in [0.1, 0.15) is 41.9 Å². The summed E-state index contributed by atoms with van der Waals surface area (Å²) in [5.74, 6) is 5.64. The Labute approximate surface area is 106 Å². The van der Waals surface area contributed by atoms with Crippen LogP contribution in [0.4, 0.5) is 0 Å². The summed E-state index contributed by atoms with van der Waals surface area (Å²) in [7, 11) is 0. The molecule has 0 aliphatic rings. The molecule has 1 aromatic rings. The average Bonchev–Trinajstić information content (AvgIpc) is 2.74. The highest BCUT2D eigenvalue weighted by molar-refractivity contribution is 7.12. The van der Waals surface area contributed by atoms with Crippen LogP contribution in [-0.4, -0.2) is 18.5 Å². The van der Waals surface area contributed by atoms with Crippen LogP contribution < -0.4 is 11.1 Å². The minimum atomic E-state index is -0.0396. The summed E-state index contributed by atoms with van der Waals surface area (Å²) >= 11 is 1.41. The van der Waals surface area contributed by atoms with Crippen LogP contribution in [0, 0.1) is 11.8 Å². The van der Waals surface area contributed by atoms with Gasteiger partial charge in [0.25, 0.3) is 5.91 Å². The van der Waals surface area contributed by atoms with Gasteiger partial charge < -0.3 is 11.1 Å². The molecule has 0 spiro atoms. The number of carbonyl (C=O) groups is 1. The third-order valence-electron chi connectivity index (χ3n) is 2.30. The van der Waals surface area contributed by atoms with E-state index in [1.165, 1.54) is 11.3 Å². The number of rotatable bonds is 4. The Kier molecular flexibility index (Phi) is 5.75. The summed E-state index contributed by atoms with van der Waals surface area (Å²) in [5.41, 5.74) is 6.09. The van der Waals surface area contributed by atoms with E-state index in [1.807, 2.05) is 18.4 Å². The first-order valence-electron chi connectivity index (χ1n) is 5.76. The molecule has 1 aromatic heterocycles. The molecule has 1 amide bonds. The van der Waals surface area contributed by atoms with Gasteiger partial charge in [-0.15, -0.1) is 11.3 Å². The van der Waals surface area contributed by atoms with E-state index in [2.05, 4.69) is 24.1 Å². The van der Waals surface area contributed by atoms with E-state index in [0.29, 0.717) is 11.4 Å². The van der Waals surface area contributed by atoms with Gasteiger partial charge in [0, 0.05) is 11.6 Å². The normalized spacial score (nSPS) is 11.5. The zero-order chi connectivity index (χ0) is 12.7. The van der Waals surface area contributed by atoms with Gasteiger partial charge in [-0.1, -0.05) is 25.2 Å². The number of carbonyl (C=O) groups excluding carboxylic acids is 1. The molecule has 0 aliphatic heterocycles. The molecule has 3 N–H and O–H groups in total. The Balaban J connectivity index is 2.72. The highest BCUT2D eigenvalue weighted by Gasteiger charge is 2.13. The number of hydrogen-bond acceptors (Lipinski definition) is 3. The first kappa shape index (κ1) is 13.8. The number of thiophene rings is 1. The minimum absolute atomic E-state index is 0.0396. The Morgan fingerprint density at radius 3 is 3.06 bits per heavy atom. The highest BCUT2D eigenvalue weighted by atomic mass is 32.1. The van der Waals surface area contributed by atoms with E-state index in [4.69, 9.17) is 5.73 Å². The molecule has 3 nitrogen and oxygen atoms in total. The number of hydrogen-bond donors (Lipinski definition) is 2. The third-order valence-corrected chi connectivity index (χ3v) is 3.21. The summed E-state index contributed by atoms with van der Waals surface area (Å²) in [6.07, 6.45) is 2.05. The maximum Gasteiger partial charge on any atom is 0.262 e. The summed E-state index contributed by atoms with van der Waals surface area (Å²) in [6.45, 7) is 4.43. The van der Waals surface area contributed by atoms with Gasteiger partial charge in [-0.05, 0) is 24.8 Å². The van der Waals surface area contributed by atoms with Gasteiger partial charge >= 0.3 is 0 Å². The van der Waals surface area contributed by atoms with Gasteiger partial charge in [-0.2, -0.15) is 0 Å². The van der Waals surface area contributed by atoms with Crippen molar-refractivity contribution in [1.82, 2.24) is 5.32 Å². The molecule has 1 rings (SSSR count). The van der Waals surface area contributed by atoms with Crippen molar-refractivity contribution in [3.05, 3.63) is 21.9 Å². The molecule has 0 aromatic carbocycles. The molecule has 1 unspecified atom stereocenters. The van der Waals surface area contributed by atoms with Crippen LogP contribution in [-0.2, 0) is 0 Å². The van der Waals surface area contributed by atoms with E-state index >= 15 is 0 Å². The fraction of sp³-hybridized carbons (Fsp3) is 0.462. The van der Waals surface area contributed by atoms with Gasteiger partial charge in [0.05, 0.1) is 6.54 Å². The Hall–Kier alpha value is -1.31. The van der Waals surface area contributed by atoms with Crippen LogP contribution in [0.25, 0.3) is 0 Å². The molecule has 1 heterocycles. The van der Waals surface area contributed by atoms with Crippen LogP contribution in [0.3, 0.4) is 0 Å². The second kappa shape index (κ2) is 7.10. The average molecular weight is 250 g/mol. The Morgan fingerprint density at radius 1 is 1.65 bits per heavy atom. The summed E-state index contributed by atoms with van der Waals surface area (Å²) in [6, 6.07) is 2.05. The van der Waals surface area contributed by atoms with Gasteiger partial charge in [-0.3, -0.25) is 4.79 Å². The maximum atomic E-state index is 12.0. The van der Waals surface area contributed by atoms with Crippen LogP contribution in [0.2, 0.25) is 0 Å². The van der Waals surface area contributed by atoms with Crippen LogP contribution >= 0.6 is 11.3 Å². The van der Waals surface area contributed by atoms with Gasteiger partial charge in [0.15, 0.2) is 0 Å². The molecule has 4 heteroatoms. The third kappa shape index (κ3) is 4.22. The molecule has 0 saturated heterocycles. The van der Waals surface area contributed by atoms with E-state index in [0.717, 1.165) is 18.4 Å². The largest absolute Gasteiger partial charge is 0.349 e. The van der Waals surface area contributed by atoms with Crippen molar-refractivity contribution < 1.29 is 4.79 Å². The van der Waals surface area contributed by atoms with Crippen molar-refractivity contribution in [2.75, 3.05) is 6.54 Å². The van der Waals surface area contributed by atoms with Crippen molar-refractivity contribution in [1.29, 1.82) is 0 Å². The molecule has 0 saturated carbocycles. The molecular weight excluding hydrogens is 232 g/mol. The molecule has 0 bridgehead atoms. The van der Waals surface area contributed by atoms with Gasteiger partial charge in [0.2, 0.25) is 0 Å². The van der Waals surface area contributed by atoms with Crippen LogP contribution in [0.15, 0.2) is 11.4 Å². The van der Waals surface area contributed by atoms with Gasteiger partial charge in [-0.25, -0.2) is 0 Å². The number of nitrogens with two attached hydrogens (primary N) is 1. The Morgan fingerprint density at radius 2 is 2.41 bits per heavy atom. The quantitative estimate of drug-likeness (QED) is 0.803. The zero-order valence-electron chi connectivity index (χ0n) is 10.2. The maximum absolute atomic E-state index is 12.0. The highest BCUT2D eigenvalue weighted by Crippen LogP contribution is 2.16. The number of amides is 1. The van der Waals surface area contributed by atoms with Crippen molar-refractivity contribution in [3.63, 3.8) is 0 Å². The lowest BCUT2D eigenvalue weighted by Crippen LogP contribution is -2.32. The first-order valence-corrected chi connectivity index (χ1v) is 6.64. The summed E-state index contributed by atoms with van der Waals surface area (Å²) in [4.78, 5) is 12.7. The molecule has 17 heavy (non-hydrogen) atoms. The molecule has 0 radical (unpaired) electrons. The van der Waals surface area contributed by atoms with Gasteiger partial charge in [0.1, 0.15) is 4.88 Å². The smallest absolute Gasteiger partial charge is 0.262 e. The minimum Gasteiger partial charge on any atom is -0.349 e. The van der Waals surface area contributed by atoms with Crippen molar-refractivity contribution in [3.8, 4) is 11.8 Å². The lowest BCUT2D eigenvalue weighted by Gasteiger charge is -2.11. The molecule has 0 fully saturated rings. The summed E-state index contributed by atoms with van der Waals surface area (Å²) in [5, 5.41) is 4.85. The standard InChI is InChI=1S/C13H18N2OS/c1-3-5-10(2)15-13(16)12-11(6-4-8-14)7-9-17-12/h7,9-10H,3,5,8,14H2,1-2H3,(H,15,16). The SMILES string of the molecule is CCCC(C)NC(=O)c1sccc1C#CCN. The van der Waals surface area contributed by atoms with E-state index in [-0.39, 0.29) is 11.9 Å². The zero-order valence-corrected chi connectivity index (χ0v) is 11.1. The fourth-order valence-corrected chi connectivity index (χ4v) is 2.28. The van der Waals surface area contributed by atoms with Crippen molar-refractivity contribution >= 4 is 17.2 Å². The molecule has 0 aliphatic carbocycles. The van der Waals surface area contributed by atoms with E-state index < -0.39 is 0 Å². The second-order valence-electron chi connectivity index (χ2n) is 3.83. The molecule has 92 valence electrons. The second-order valence-corrected chi connectivity index (χ2v) is 4.75. The Bertz CT molecular complexity index is 428. The predicted molar refractivity (Wildman–Crippen MR) is 72.1 cm³/mol.